The summed E-state index contributed by atoms with van der Waals surface area (Å²) in [6, 6.07) is 16.5. The first-order valence-electron chi connectivity index (χ1n) is 11.0. The van der Waals surface area contributed by atoms with E-state index in [1.54, 1.807) is 14.2 Å². The first-order chi connectivity index (χ1) is 14.6. The van der Waals surface area contributed by atoms with Crippen LogP contribution in [0.4, 0.5) is 0 Å². The molecule has 160 valence electrons. The average Bonchev–Trinajstić information content (AvgIpc) is 2.79. The van der Waals surface area contributed by atoms with Gasteiger partial charge in [-0.2, -0.15) is 0 Å². The first kappa shape index (κ1) is 21.0. The van der Waals surface area contributed by atoms with Crippen LogP contribution >= 0.6 is 0 Å². The lowest BCUT2D eigenvalue weighted by molar-refractivity contribution is -0.122. The van der Waals surface area contributed by atoms with Crippen molar-refractivity contribution in [2.24, 2.45) is 5.92 Å². The SMILES string of the molecule is COc1ccc(OC)c([C@H]2[C@H]3CCCC[C@]3(O)CCN2C/C=C/c2ccccc2)c1. The summed E-state index contributed by atoms with van der Waals surface area (Å²) >= 11 is 0. The number of rotatable bonds is 6. The molecule has 4 heteroatoms. The Balaban J connectivity index is 1.67. The van der Waals surface area contributed by atoms with Crippen molar-refractivity contribution < 1.29 is 14.6 Å². The highest BCUT2D eigenvalue weighted by Crippen LogP contribution is 2.51. The zero-order chi connectivity index (χ0) is 21.0. The van der Waals surface area contributed by atoms with Gasteiger partial charge in [-0.3, -0.25) is 4.90 Å². The van der Waals surface area contributed by atoms with Gasteiger partial charge in [0.2, 0.25) is 0 Å². The van der Waals surface area contributed by atoms with Crippen molar-refractivity contribution in [3.63, 3.8) is 0 Å². The van der Waals surface area contributed by atoms with Crippen LogP contribution in [0, 0.1) is 5.92 Å². The summed E-state index contributed by atoms with van der Waals surface area (Å²) in [7, 11) is 3.42. The van der Waals surface area contributed by atoms with Crippen molar-refractivity contribution in [1.82, 2.24) is 4.90 Å². The van der Waals surface area contributed by atoms with Gasteiger partial charge in [0.15, 0.2) is 0 Å². The van der Waals surface area contributed by atoms with Crippen LogP contribution in [0.3, 0.4) is 0 Å². The van der Waals surface area contributed by atoms with Crippen molar-refractivity contribution in [3.8, 4) is 11.5 Å². The molecule has 0 aromatic heterocycles. The van der Waals surface area contributed by atoms with Gasteiger partial charge in [-0.05, 0) is 43.0 Å². The number of likely N-dealkylation sites (tertiary alicyclic amines) is 1. The van der Waals surface area contributed by atoms with E-state index in [9.17, 15) is 5.11 Å². The van der Waals surface area contributed by atoms with Crippen molar-refractivity contribution >= 4 is 6.08 Å². The molecule has 2 aromatic rings. The van der Waals surface area contributed by atoms with Crippen LogP contribution in [0.1, 0.15) is 49.3 Å². The number of nitrogens with zero attached hydrogens (tertiary/aromatic N) is 1. The number of fused-ring (bicyclic) bond motifs is 1. The predicted molar refractivity (Wildman–Crippen MR) is 121 cm³/mol. The van der Waals surface area contributed by atoms with E-state index >= 15 is 0 Å². The minimum atomic E-state index is -0.587. The molecule has 0 unspecified atom stereocenters. The number of aliphatic hydroxyl groups is 1. The quantitative estimate of drug-likeness (QED) is 0.725. The van der Waals surface area contributed by atoms with E-state index < -0.39 is 5.60 Å². The highest BCUT2D eigenvalue weighted by Gasteiger charge is 2.49. The molecule has 1 saturated heterocycles. The Morgan fingerprint density at radius 1 is 1.07 bits per heavy atom. The van der Waals surface area contributed by atoms with Crippen LogP contribution in [0.15, 0.2) is 54.6 Å². The summed E-state index contributed by atoms with van der Waals surface area (Å²) in [6.45, 7) is 1.71. The highest BCUT2D eigenvalue weighted by atomic mass is 16.5. The molecule has 2 aliphatic rings. The smallest absolute Gasteiger partial charge is 0.123 e. The van der Waals surface area contributed by atoms with E-state index in [0.717, 1.165) is 55.8 Å². The second kappa shape index (κ2) is 9.23. The van der Waals surface area contributed by atoms with Crippen LogP contribution in [0.2, 0.25) is 0 Å². The predicted octanol–water partition coefficient (Wildman–Crippen LogP) is 5.09. The molecule has 3 atom stereocenters. The standard InChI is InChI=1S/C26H33NO3/c1-29-21-13-14-24(30-2)22(19-21)25-23-12-6-7-15-26(23,28)16-18-27(25)17-8-11-20-9-4-3-5-10-20/h3-5,8-11,13-14,19,23,25,28H,6-7,12,15-18H2,1-2H3/b11-8+/t23-,25+,26+/m1/s1. The second-order valence-corrected chi connectivity index (χ2v) is 8.57. The topological polar surface area (TPSA) is 41.9 Å². The van der Waals surface area contributed by atoms with Gasteiger partial charge in [-0.25, -0.2) is 0 Å². The molecule has 0 amide bonds. The van der Waals surface area contributed by atoms with Gasteiger partial charge in [-0.15, -0.1) is 0 Å². The monoisotopic (exact) mass is 407 g/mol. The first-order valence-corrected chi connectivity index (χ1v) is 11.0. The molecule has 1 aliphatic heterocycles. The molecule has 4 rings (SSSR count). The Morgan fingerprint density at radius 3 is 2.67 bits per heavy atom. The zero-order valence-electron chi connectivity index (χ0n) is 18.1. The van der Waals surface area contributed by atoms with E-state index in [4.69, 9.17) is 9.47 Å². The summed E-state index contributed by atoms with van der Waals surface area (Å²) in [6.07, 6.45) is 9.48. The molecular weight excluding hydrogens is 374 g/mol. The number of hydrogen-bond acceptors (Lipinski definition) is 4. The molecule has 30 heavy (non-hydrogen) atoms. The van der Waals surface area contributed by atoms with Gasteiger partial charge in [0.25, 0.3) is 0 Å². The molecule has 0 bridgehead atoms. The van der Waals surface area contributed by atoms with E-state index in [1.807, 2.05) is 18.2 Å². The maximum atomic E-state index is 11.5. The van der Waals surface area contributed by atoms with Crippen LogP contribution in [0.5, 0.6) is 11.5 Å². The summed E-state index contributed by atoms with van der Waals surface area (Å²) in [5.41, 5.74) is 1.74. The fraction of sp³-hybridized carbons (Fsp3) is 0.462. The molecule has 4 nitrogen and oxygen atoms in total. The summed E-state index contributed by atoms with van der Waals surface area (Å²) < 4.78 is 11.3. The van der Waals surface area contributed by atoms with Gasteiger partial charge >= 0.3 is 0 Å². The van der Waals surface area contributed by atoms with E-state index in [2.05, 4.69) is 47.4 Å². The van der Waals surface area contributed by atoms with Crippen molar-refractivity contribution in [2.75, 3.05) is 27.3 Å². The molecule has 0 radical (unpaired) electrons. The fourth-order valence-corrected chi connectivity index (χ4v) is 5.32. The molecule has 0 spiro atoms. The summed E-state index contributed by atoms with van der Waals surface area (Å²) in [5.74, 6) is 1.90. The van der Waals surface area contributed by atoms with Crippen molar-refractivity contribution in [1.29, 1.82) is 0 Å². The maximum Gasteiger partial charge on any atom is 0.123 e. The third kappa shape index (κ3) is 4.26. The third-order valence-electron chi connectivity index (χ3n) is 6.88. The zero-order valence-corrected chi connectivity index (χ0v) is 18.1. The highest BCUT2D eigenvalue weighted by molar-refractivity contribution is 5.49. The van der Waals surface area contributed by atoms with Gasteiger partial charge in [0.05, 0.1) is 19.8 Å². The number of hydrogen-bond donors (Lipinski definition) is 1. The van der Waals surface area contributed by atoms with Gasteiger partial charge in [0, 0.05) is 30.6 Å². The Bertz CT molecular complexity index is 866. The van der Waals surface area contributed by atoms with Crippen LogP contribution in [0.25, 0.3) is 6.08 Å². The normalized spacial score (nSPS) is 27.0. The summed E-state index contributed by atoms with van der Waals surface area (Å²) in [4.78, 5) is 2.50. The molecule has 2 fully saturated rings. The van der Waals surface area contributed by atoms with E-state index in [-0.39, 0.29) is 12.0 Å². The Hall–Kier alpha value is -2.30. The molecule has 1 N–H and O–H groups in total. The molecular formula is C26H33NO3. The Morgan fingerprint density at radius 2 is 1.90 bits per heavy atom. The lowest BCUT2D eigenvalue weighted by atomic mass is 9.66. The lowest BCUT2D eigenvalue weighted by Gasteiger charge is -2.52. The third-order valence-corrected chi connectivity index (χ3v) is 6.88. The number of piperidine rings is 1. The molecule has 1 aliphatic carbocycles. The van der Waals surface area contributed by atoms with Gasteiger partial charge in [0.1, 0.15) is 11.5 Å². The van der Waals surface area contributed by atoms with Crippen LogP contribution in [-0.4, -0.2) is 42.9 Å². The van der Waals surface area contributed by atoms with Gasteiger partial charge in [-0.1, -0.05) is 55.3 Å². The molecule has 1 heterocycles. The van der Waals surface area contributed by atoms with E-state index in [1.165, 1.54) is 12.0 Å². The fourth-order valence-electron chi connectivity index (χ4n) is 5.32. The Kier molecular flexibility index (Phi) is 6.45. The lowest BCUT2D eigenvalue weighted by Crippen LogP contribution is -2.54. The van der Waals surface area contributed by atoms with Gasteiger partial charge < -0.3 is 14.6 Å². The Labute approximate surface area is 180 Å². The number of methoxy groups -OCH3 is 2. The van der Waals surface area contributed by atoms with Crippen LogP contribution in [-0.2, 0) is 0 Å². The summed E-state index contributed by atoms with van der Waals surface area (Å²) in [5, 5.41) is 11.5. The molecule has 1 saturated carbocycles. The van der Waals surface area contributed by atoms with Crippen LogP contribution < -0.4 is 9.47 Å². The maximum absolute atomic E-state index is 11.5. The molecule has 2 aromatic carbocycles. The van der Waals surface area contributed by atoms with E-state index in [0.29, 0.717) is 0 Å². The largest absolute Gasteiger partial charge is 0.497 e. The minimum Gasteiger partial charge on any atom is -0.497 e. The number of benzene rings is 2. The second-order valence-electron chi connectivity index (χ2n) is 8.57. The minimum absolute atomic E-state index is 0.106. The van der Waals surface area contributed by atoms with Crippen molar-refractivity contribution in [3.05, 3.63) is 65.7 Å². The average molecular weight is 408 g/mol. The number of ether oxygens (including phenoxy) is 2. The van der Waals surface area contributed by atoms with Crippen molar-refractivity contribution in [2.45, 2.75) is 43.7 Å².